The molecule has 1 saturated heterocycles. The molecule has 0 spiro atoms. The molecule has 1 heterocycles. The third kappa shape index (κ3) is 4.71. The van der Waals surface area contributed by atoms with Crippen LogP contribution < -0.4 is 9.64 Å². The Bertz CT molecular complexity index is 992. The molecule has 0 bridgehead atoms. The van der Waals surface area contributed by atoms with Gasteiger partial charge < -0.3 is 14.7 Å². The molecule has 0 aromatic heterocycles. The number of halogens is 1. The van der Waals surface area contributed by atoms with Crippen molar-refractivity contribution in [2.45, 2.75) is 59.2 Å². The number of hydrogen-bond acceptors (Lipinski definition) is 3. The van der Waals surface area contributed by atoms with Crippen molar-refractivity contribution in [3.05, 3.63) is 57.6 Å². The summed E-state index contributed by atoms with van der Waals surface area (Å²) in [7, 11) is 0. The van der Waals surface area contributed by atoms with Gasteiger partial charge in [0.25, 0.3) is 0 Å². The molecular formula is C24H29BrN2O4. The lowest BCUT2D eigenvalue weighted by atomic mass is 10.0. The van der Waals surface area contributed by atoms with E-state index in [4.69, 9.17) is 4.74 Å². The Morgan fingerprint density at radius 1 is 1.16 bits per heavy atom. The van der Waals surface area contributed by atoms with Crippen LogP contribution >= 0.6 is 15.9 Å². The molecule has 31 heavy (non-hydrogen) atoms. The van der Waals surface area contributed by atoms with Crippen molar-refractivity contribution >= 4 is 33.6 Å². The van der Waals surface area contributed by atoms with Gasteiger partial charge >= 0.3 is 12.0 Å². The predicted octanol–water partition coefficient (Wildman–Crippen LogP) is 5.53. The molecule has 6 nitrogen and oxygen atoms in total. The van der Waals surface area contributed by atoms with E-state index in [0.717, 1.165) is 26.9 Å². The SMILES string of the molecule is Cc1cc(CN2C(=O)N(c3ccc(Br)cc3)CC2(C)C)cc(C)c1OC(C)(C)C(=O)O. The Hall–Kier alpha value is -2.54. The van der Waals surface area contributed by atoms with Gasteiger partial charge in [-0.25, -0.2) is 9.59 Å². The van der Waals surface area contributed by atoms with Gasteiger partial charge in [-0.1, -0.05) is 28.1 Å². The molecule has 3 rings (SSSR count). The van der Waals surface area contributed by atoms with E-state index in [-0.39, 0.29) is 11.6 Å². The molecule has 166 valence electrons. The number of hydrogen-bond donors (Lipinski definition) is 1. The molecule has 0 aliphatic carbocycles. The number of carboxylic acids is 1. The maximum atomic E-state index is 13.3. The number of urea groups is 1. The Morgan fingerprint density at radius 2 is 1.71 bits per heavy atom. The summed E-state index contributed by atoms with van der Waals surface area (Å²) < 4.78 is 6.77. The van der Waals surface area contributed by atoms with Gasteiger partial charge in [0.15, 0.2) is 5.60 Å². The van der Waals surface area contributed by atoms with E-state index in [1.807, 2.05) is 55.1 Å². The molecule has 2 amide bonds. The summed E-state index contributed by atoms with van der Waals surface area (Å²) in [6, 6.07) is 11.6. The van der Waals surface area contributed by atoms with Crippen LogP contribution in [-0.4, -0.2) is 39.7 Å². The number of anilines is 1. The Kier molecular flexibility index (Phi) is 6.11. The summed E-state index contributed by atoms with van der Waals surface area (Å²) in [6.07, 6.45) is 0. The minimum atomic E-state index is -1.32. The van der Waals surface area contributed by atoms with Crippen LogP contribution in [0.1, 0.15) is 44.4 Å². The summed E-state index contributed by atoms with van der Waals surface area (Å²) in [4.78, 5) is 28.4. The first-order valence-electron chi connectivity index (χ1n) is 10.2. The number of nitrogens with zero attached hydrogens (tertiary/aromatic N) is 2. The third-order valence-electron chi connectivity index (χ3n) is 5.61. The van der Waals surface area contributed by atoms with Crippen LogP contribution in [0.2, 0.25) is 0 Å². The summed E-state index contributed by atoms with van der Waals surface area (Å²) in [5, 5.41) is 9.37. The van der Waals surface area contributed by atoms with Gasteiger partial charge in [-0.15, -0.1) is 0 Å². The monoisotopic (exact) mass is 488 g/mol. The zero-order valence-corrected chi connectivity index (χ0v) is 20.4. The quantitative estimate of drug-likeness (QED) is 0.580. The first-order chi connectivity index (χ1) is 14.3. The largest absolute Gasteiger partial charge is 0.478 e. The highest BCUT2D eigenvalue weighted by atomic mass is 79.9. The molecule has 7 heteroatoms. The lowest BCUT2D eigenvalue weighted by Crippen LogP contribution is -2.41. The summed E-state index contributed by atoms with van der Waals surface area (Å²) >= 11 is 3.44. The smallest absolute Gasteiger partial charge is 0.347 e. The first-order valence-corrected chi connectivity index (χ1v) is 11.0. The zero-order chi connectivity index (χ0) is 23.1. The van der Waals surface area contributed by atoms with E-state index in [0.29, 0.717) is 18.8 Å². The van der Waals surface area contributed by atoms with E-state index in [2.05, 4.69) is 29.8 Å². The van der Waals surface area contributed by atoms with Gasteiger partial charge in [-0.2, -0.15) is 0 Å². The number of carboxylic acid groups (broad SMARTS) is 1. The lowest BCUT2D eigenvalue weighted by molar-refractivity contribution is -0.152. The number of carbonyl (C=O) groups is 2. The van der Waals surface area contributed by atoms with Crippen LogP contribution in [-0.2, 0) is 11.3 Å². The Labute approximate surface area is 191 Å². The maximum absolute atomic E-state index is 13.3. The van der Waals surface area contributed by atoms with Crippen molar-refractivity contribution in [1.29, 1.82) is 0 Å². The number of rotatable bonds is 6. The van der Waals surface area contributed by atoms with E-state index in [9.17, 15) is 14.7 Å². The van der Waals surface area contributed by atoms with Crippen LogP contribution in [0, 0.1) is 13.8 Å². The van der Waals surface area contributed by atoms with Crippen molar-refractivity contribution in [2.24, 2.45) is 0 Å². The van der Waals surface area contributed by atoms with Crippen molar-refractivity contribution in [3.8, 4) is 5.75 Å². The standard InChI is InChI=1S/C24H29BrN2O4/c1-15-11-17(12-16(2)20(15)31-24(5,6)21(28)29)13-27-22(30)26(14-23(27,3)4)19-9-7-18(25)8-10-19/h7-12H,13-14H2,1-6H3,(H,28,29). The summed E-state index contributed by atoms with van der Waals surface area (Å²) in [5.41, 5.74) is 1.88. The lowest BCUT2D eigenvalue weighted by Gasteiger charge is -2.30. The molecule has 2 aromatic carbocycles. The summed E-state index contributed by atoms with van der Waals surface area (Å²) in [6.45, 7) is 12.0. The second-order valence-electron chi connectivity index (χ2n) is 9.22. The predicted molar refractivity (Wildman–Crippen MR) is 125 cm³/mol. The van der Waals surface area contributed by atoms with Gasteiger partial charge in [-0.3, -0.25) is 4.90 Å². The fourth-order valence-electron chi connectivity index (χ4n) is 3.82. The second-order valence-corrected chi connectivity index (χ2v) is 10.1. The maximum Gasteiger partial charge on any atom is 0.347 e. The van der Waals surface area contributed by atoms with Crippen LogP contribution in [0.25, 0.3) is 0 Å². The van der Waals surface area contributed by atoms with Crippen LogP contribution in [0.15, 0.2) is 40.9 Å². The molecule has 1 aliphatic rings. The molecule has 1 fully saturated rings. The average Bonchev–Trinajstić information content (AvgIpc) is 2.89. The van der Waals surface area contributed by atoms with Gasteiger partial charge in [0.05, 0.1) is 12.1 Å². The fraction of sp³-hybridized carbons (Fsp3) is 0.417. The second kappa shape index (κ2) is 8.19. The zero-order valence-electron chi connectivity index (χ0n) is 18.8. The normalized spacial score (nSPS) is 16.0. The molecule has 0 unspecified atom stereocenters. The van der Waals surface area contributed by atoms with E-state index in [1.54, 1.807) is 4.90 Å². The highest BCUT2D eigenvalue weighted by Gasteiger charge is 2.43. The van der Waals surface area contributed by atoms with E-state index >= 15 is 0 Å². The Balaban J connectivity index is 1.85. The molecule has 0 saturated carbocycles. The number of amides is 2. The number of carbonyl (C=O) groups excluding carboxylic acids is 1. The molecule has 1 aliphatic heterocycles. The van der Waals surface area contributed by atoms with Gasteiger partial charge in [-0.05, 0) is 82.5 Å². The molecule has 0 atom stereocenters. The minimum Gasteiger partial charge on any atom is -0.478 e. The van der Waals surface area contributed by atoms with E-state index < -0.39 is 11.6 Å². The fourth-order valence-corrected chi connectivity index (χ4v) is 4.09. The van der Waals surface area contributed by atoms with Crippen LogP contribution in [0.5, 0.6) is 5.75 Å². The van der Waals surface area contributed by atoms with Crippen LogP contribution in [0.4, 0.5) is 10.5 Å². The topological polar surface area (TPSA) is 70.1 Å². The highest BCUT2D eigenvalue weighted by molar-refractivity contribution is 9.10. The van der Waals surface area contributed by atoms with Crippen molar-refractivity contribution in [1.82, 2.24) is 4.90 Å². The first kappa shape index (κ1) is 23.1. The molecule has 0 radical (unpaired) electrons. The van der Waals surface area contributed by atoms with Crippen molar-refractivity contribution in [2.75, 3.05) is 11.4 Å². The Morgan fingerprint density at radius 3 is 2.23 bits per heavy atom. The average molecular weight is 489 g/mol. The number of aryl methyl sites for hydroxylation is 2. The molecular weight excluding hydrogens is 460 g/mol. The van der Waals surface area contributed by atoms with E-state index in [1.165, 1.54) is 13.8 Å². The van der Waals surface area contributed by atoms with Crippen LogP contribution in [0.3, 0.4) is 0 Å². The van der Waals surface area contributed by atoms with Gasteiger partial charge in [0.2, 0.25) is 0 Å². The highest BCUT2D eigenvalue weighted by Crippen LogP contribution is 2.34. The minimum absolute atomic E-state index is 0.0324. The van der Waals surface area contributed by atoms with Crippen molar-refractivity contribution < 1.29 is 19.4 Å². The van der Waals surface area contributed by atoms with Crippen molar-refractivity contribution in [3.63, 3.8) is 0 Å². The molecule has 1 N–H and O–H groups in total. The van der Waals surface area contributed by atoms with Gasteiger partial charge in [0.1, 0.15) is 5.75 Å². The van der Waals surface area contributed by atoms with Gasteiger partial charge in [0, 0.05) is 16.7 Å². The molecule has 2 aromatic rings. The number of aliphatic carboxylic acids is 1. The summed E-state index contributed by atoms with van der Waals surface area (Å²) in [5.74, 6) is -0.451. The third-order valence-corrected chi connectivity index (χ3v) is 6.14. The number of ether oxygens (including phenoxy) is 1. The number of benzene rings is 2.